The largest absolute Gasteiger partial charge is 0.492 e. The zero-order chi connectivity index (χ0) is 15.1. The smallest absolute Gasteiger partial charge is 0.303 e. The lowest BCUT2D eigenvalue weighted by molar-refractivity contribution is -0.137. The molecule has 1 aromatic rings. The fraction of sp³-hybridized carbons (Fsp3) is 0.562. The van der Waals surface area contributed by atoms with E-state index < -0.39 is 5.97 Å². The molecule has 1 aliphatic rings. The van der Waals surface area contributed by atoms with E-state index in [2.05, 4.69) is 20.8 Å². The second-order valence-corrected chi connectivity index (χ2v) is 6.34. The SMILES string of the molecule is O=C(O)CCC1CCCCN1CCOc1ccc(Br)cc1. The molecule has 0 aliphatic carbocycles. The van der Waals surface area contributed by atoms with Crippen molar-refractivity contribution in [3.8, 4) is 5.75 Å². The number of carboxylic acids is 1. The lowest BCUT2D eigenvalue weighted by Crippen LogP contribution is -2.42. The maximum absolute atomic E-state index is 10.7. The highest BCUT2D eigenvalue weighted by Crippen LogP contribution is 2.21. The van der Waals surface area contributed by atoms with E-state index in [1.165, 1.54) is 12.8 Å². The zero-order valence-electron chi connectivity index (χ0n) is 12.1. The van der Waals surface area contributed by atoms with Crippen molar-refractivity contribution in [2.24, 2.45) is 0 Å². The summed E-state index contributed by atoms with van der Waals surface area (Å²) in [5, 5.41) is 8.83. The number of rotatable bonds is 7. The average molecular weight is 356 g/mol. The number of likely N-dealkylation sites (tertiary alicyclic amines) is 1. The number of piperidine rings is 1. The van der Waals surface area contributed by atoms with Crippen molar-refractivity contribution < 1.29 is 14.6 Å². The summed E-state index contributed by atoms with van der Waals surface area (Å²) in [4.78, 5) is 13.1. The number of carbonyl (C=O) groups is 1. The number of nitrogens with zero attached hydrogens (tertiary/aromatic N) is 1. The number of hydrogen-bond donors (Lipinski definition) is 1. The first-order valence-corrected chi connectivity index (χ1v) is 8.28. The highest BCUT2D eigenvalue weighted by atomic mass is 79.9. The van der Waals surface area contributed by atoms with Crippen LogP contribution in [0.15, 0.2) is 28.7 Å². The number of benzene rings is 1. The molecule has 0 aromatic heterocycles. The summed E-state index contributed by atoms with van der Waals surface area (Å²) >= 11 is 3.40. The Kier molecular flexibility index (Phi) is 6.51. The molecule has 0 saturated carbocycles. The molecule has 2 rings (SSSR count). The van der Waals surface area contributed by atoms with Crippen LogP contribution < -0.4 is 4.74 Å². The van der Waals surface area contributed by atoms with Crippen LogP contribution in [0.1, 0.15) is 32.1 Å². The first kappa shape index (κ1) is 16.3. The van der Waals surface area contributed by atoms with Crippen molar-refractivity contribution in [3.63, 3.8) is 0 Å². The van der Waals surface area contributed by atoms with Crippen molar-refractivity contribution in [1.29, 1.82) is 0 Å². The van der Waals surface area contributed by atoms with E-state index in [1.807, 2.05) is 24.3 Å². The maximum atomic E-state index is 10.7. The Balaban J connectivity index is 1.76. The van der Waals surface area contributed by atoms with Gasteiger partial charge in [-0.15, -0.1) is 0 Å². The third-order valence-electron chi connectivity index (χ3n) is 3.90. The van der Waals surface area contributed by atoms with Gasteiger partial charge < -0.3 is 9.84 Å². The second-order valence-electron chi connectivity index (χ2n) is 5.42. The number of hydrogen-bond acceptors (Lipinski definition) is 3. The topological polar surface area (TPSA) is 49.8 Å². The molecule has 116 valence electrons. The van der Waals surface area contributed by atoms with Crippen LogP contribution in [-0.4, -0.2) is 41.7 Å². The summed E-state index contributed by atoms with van der Waals surface area (Å²) in [6, 6.07) is 8.21. The van der Waals surface area contributed by atoms with Gasteiger partial charge in [0.25, 0.3) is 0 Å². The Labute approximate surface area is 134 Å². The number of carboxylic acid groups (broad SMARTS) is 1. The van der Waals surface area contributed by atoms with Gasteiger partial charge in [0, 0.05) is 23.5 Å². The van der Waals surface area contributed by atoms with E-state index in [0.717, 1.165) is 36.2 Å². The van der Waals surface area contributed by atoms with Gasteiger partial charge in [-0.25, -0.2) is 0 Å². The highest BCUT2D eigenvalue weighted by Gasteiger charge is 2.22. The quantitative estimate of drug-likeness (QED) is 0.812. The van der Waals surface area contributed by atoms with Crippen LogP contribution in [0.2, 0.25) is 0 Å². The van der Waals surface area contributed by atoms with E-state index in [0.29, 0.717) is 12.6 Å². The minimum atomic E-state index is -0.702. The van der Waals surface area contributed by atoms with Gasteiger partial charge >= 0.3 is 5.97 Å². The molecule has 0 bridgehead atoms. The maximum Gasteiger partial charge on any atom is 0.303 e. The summed E-state index contributed by atoms with van der Waals surface area (Å²) in [7, 11) is 0. The van der Waals surface area contributed by atoms with Crippen LogP contribution >= 0.6 is 15.9 Å². The van der Waals surface area contributed by atoms with E-state index in [1.54, 1.807) is 0 Å². The highest BCUT2D eigenvalue weighted by molar-refractivity contribution is 9.10. The fourth-order valence-corrected chi connectivity index (χ4v) is 3.05. The van der Waals surface area contributed by atoms with Crippen molar-refractivity contribution in [1.82, 2.24) is 4.90 Å². The third kappa shape index (κ3) is 5.67. The van der Waals surface area contributed by atoms with Crippen LogP contribution in [-0.2, 0) is 4.79 Å². The predicted octanol–water partition coefficient (Wildman–Crippen LogP) is 3.55. The Morgan fingerprint density at radius 1 is 1.33 bits per heavy atom. The summed E-state index contributed by atoms with van der Waals surface area (Å²) in [6.07, 6.45) is 4.50. The molecule has 0 amide bonds. The molecule has 21 heavy (non-hydrogen) atoms. The summed E-state index contributed by atoms with van der Waals surface area (Å²) in [5.41, 5.74) is 0. The van der Waals surface area contributed by atoms with Gasteiger partial charge in [-0.1, -0.05) is 22.4 Å². The molecule has 5 heteroatoms. The van der Waals surface area contributed by atoms with E-state index in [9.17, 15) is 4.79 Å². The Bertz CT molecular complexity index is 449. The van der Waals surface area contributed by atoms with Gasteiger partial charge in [0.1, 0.15) is 12.4 Å². The van der Waals surface area contributed by atoms with Gasteiger partial charge in [-0.3, -0.25) is 9.69 Å². The van der Waals surface area contributed by atoms with Gasteiger partial charge in [0.15, 0.2) is 0 Å². The lowest BCUT2D eigenvalue weighted by Gasteiger charge is -2.35. The van der Waals surface area contributed by atoms with Gasteiger partial charge in [-0.05, 0) is 50.1 Å². The van der Waals surface area contributed by atoms with Gasteiger partial charge in [-0.2, -0.15) is 0 Å². The van der Waals surface area contributed by atoms with Gasteiger partial charge in [0.2, 0.25) is 0 Å². The van der Waals surface area contributed by atoms with Crippen LogP contribution in [0, 0.1) is 0 Å². The average Bonchev–Trinajstić information content (AvgIpc) is 2.48. The first-order chi connectivity index (χ1) is 10.1. The zero-order valence-corrected chi connectivity index (χ0v) is 13.7. The van der Waals surface area contributed by atoms with Crippen LogP contribution in [0.3, 0.4) is 0 Å². The van der Waals surface area contributed by atoms with Crippen LogP contribution in [0.5, 0.6) is 5.75 Å². The standard InChI is InChI=1S/C16H22BrNO3/c17-13-4-7-15(8-5-13)21-12-11-18-10-2-1-3-14(18)6-9-16(19)20/h4-5,7-8,14H,1-3,6,9-12H2,(H,19,20). The minimum absolute atomic E-state index is 0.259. The van der Waals surface area contributed by atoms with Crippen molar-refractivity contribution in [3.05, 3.63) is 28.7 Å². The Morgan fingerprint density at radius 2 is 2.10 bits per heavy atom. The van der Waals surface area contributed by atoms with Crippen LogP contribution in [0.4, 0.5) is 0 Å². The Morgan fingerprint density at radius 3 is 2.81 bits per heavy atom. The molecule has 1 saturated heterocycles. The van der Waals surface area contributed by atoms with E-state index >= 15 is 0 Å². The second kappa shape index (κ2) is 8.39. The lowest BCUT2D eigenvalue weighted by atomic mass is 9.98. The number of halogens is 1. The number of ether oxygens (including phenoxy) is 1. The van der Waals surface area contributed by atoms with Crippen molar-refractivity contribution in [2.75, 3.05) is 19.7 Å². The van der Waals surface area contributed by atoms with E-state index in [-0.39, 0.29) is 6.42 Å². The monoisotopic (exact) mass is 355 g/mol. The molecule has 1 N–H and O–H groups in total. The van der Waals surface area contributed by atoms with Crippen LogP contribution in [0.25, 0.3) is 0 Å². The molecule has 0 spiro atoms. The molecule has 4 nitrogen and oxygen atoms in total. The van der Waals surface area contributed by atoms with Crippen molar-refractivity contribution >= 4 is 21.9 Å². The molecule has 1 aromatic carbocycles. The van der Waals surface area contributed by atoms with E-state index in [4.69, 9.17) is 9.84 Å². The molecule has 0 radical (unpaired) electrons. The molecule has 1 unspecified atom stereocenters. The molecule has 1 fully saturated rings. The molecular weight excluding hydrogens is 334 g/mol. The molecule has 1 heterocycles. The predicted molar refractivity (Wildman–Crippen MR) is 85.7 cm³/mol. The summed E-state index contributed by atoms with van der Waals surface area (Å²) in [5.74, 6) is 0.170. The van der Waals surface area contributed by atoms with Crippen molar-refractivity contribution in [2.45, 2.75) is 38.1 Å². The first-order valence-electron chi connectivity index (χ1n) is 7.49. The third-order valence-corrected chi connectivity index (χ3v) is 4.43. The molecule has 1 aliphatic heterocycles. The fourth-order valence-electron chi connectivity index (χ4n) is 2.78. The summed E-state index contributed by atoms with van der Waals surface area (Å²) < 4.78 is 6.80. The normalized spacial score (nSPS) is 19.4. The minimum Gasteiger partial charge on any atom is -0.492 e. The van der Waals surface area contributed by atoms with Gasteiger partial charge in [0.05, 0.1) is 0 Å². The summed E-state index contributed by atoms with van der Waals surface area (Å²) in [6.45, 7) is 2.56. The molecule has 1 atom stereocenters. The molecular formula is C16H22BrNO3. The number of aliphatic carboxylic acids is 1. The Hall–Kier alpha value is -1.07.